The van der Waals surface area contributed by atoms with Gasteiger partial charge in [0.15, 0.2) is 10.6 Å². The minimum Gasteiger partial charge on any atom is -0.383 e. The van der Waals surface area contributed by atoms with Crippen molar-refractivity contribution in [2.24, 2.45) is 12.0 Å². The second-order valence-electron chi connectivity index (χ2n) is 5.02. The lowest BCUT2D eigenvalue weighted by atomic mass is 10.3. The van der Waals surface area contributed by atoms with Gasteiger partial charge in [-0.3, -0.25) is 9.48 Å². The van der Waals surface area contributed by atoms with Gasteiger partial charge in [-0.25, -0.2) is 8.78 Å². The molecule has 0 spiro atoms. The number of hydrogen-bond acceptors (Lipinski definition) is 4. The number of rotatable bonds is 4. The molecule has 0 fully saturated rings. The Kier molecular flexibility index (Phi) is 4.54. The molecular weight excluding hydrogens is 338 g/mol. The van der Waals surface area contributed by atoms with Crippen LogP contribution in [0, 0.1) is 11.6 Å². The van der Waals surface area contributed by atoms with Crippen molar-refractivity contribution >= 4 is 27.5 Å². The predicted molar refractivity (Wildman–Crippen MR) is 84.7 cm³/mol. The molecule has 0 saturated carbocycles. The number of ether oxygens (including phenoxy) is 1. The fraction of sp³-hybridized carbons (Fsp3) is 0.267. The van der Waals surface area contributed by atoms with Gasteiger partial charge in [0.25, 0.3) is 5.91 Å². The fourth-order valence-electron chi connectivity index (χ4n) is 2.33. The van der Waals surface area contributed by atoms with Crippen LogP contribution in [0.15, 0.2) is 29.4 Å². The van der Waals surface area contributed by atoms with E-state index in [-0.39, 0.29) is 16.9 Å². The third-order valence-electron chi connectivity index (χ3n) is 3.45. The summed E-state index contributed by atoms with van der Waals surface area (Å²) < 4.78 is 36.0. The summed E-state index contributed by atoms with van der Waals surface area (Å²) in [6, 6.07) is 3.57. The van der Waals surface area contributed by atoms with E-state index >= 15 is 0 Å². The highest BCUT2D eigenvalue weighted by Crippen LogP contribution is 2.22. The Morgan fingerprint density at radius 3 is 2.88 bits per heavy atom. The van der Waals surface area contributed by atoms with Gasteiger partial charge in [0.1, 0.15) is 11.5 Å². The van der Waals surface area contributed by atoms with Crippen molar-refractivity contribution in [3.05, 3.63) is 46.5 Å². The Bertz CT molecular complexity index is 974. The first-order valence-electron chi connectivity index (χ1n) is 7.05. The lowest BCUT2D eigenvalue weighted by Crippen LogP contribution is -2.20. The van der Waals surface area contributed by atoms with E-state index in [9.17, 15) is 13.6 Å². The van der Waals surface area contributed by atoms with Gasteiger partial charge in [0.05, 0.1) is 16.8 Å². The number of hydrogen-bond donors (Lipinski definition) is 0. The zero-order valence-electron chi connectivity index (χ0n) is 13.0. The standard InChI is InChI=1S/C15H14F2N4O2S/c1-20-11(3-4-18-20)14(22)19-15-21(5-6-23-2)13-10(17)7-9(16)8-12(13)24-15/h3-4,7-8H,5-6H2,1-2H3. The minimum atomic E-state index is -0.702. The van der Waals surface area contributed by atoms with Crippen molar-refractivity contribution in [3.63, 3.8) is 0 Å². The summed E-state index contributed by atoms with van der Waals surface area (Å²) >= 11 is 1.04. The number of thiazole rings is 1. The number of amides is 1. The first kappa shape index (κ1) is 16.5. The van der Waals surface area contributed by atoms with Crippen LogP contribution in [0.2, 0.25) is 0 Å². The van der Waals surface area contributed by atoms with Gasteiger partial charge in [-0.15, -0.1) is 0 Å². The molecule has 9 heteroatoms. The number of benzene rings is 1. The van der Waals surface area contributed by atoms with Crippen LogP contribution in [0.3, 0.4) is 0 Å². The van der Waals surface area contributed by atoms with Crippen molar-refractivity contribution < 1.29 is 18.3 Å². The Labute approximate surface area is 139 Å². The molecule has 2 heterocycles. The van der Waals surface area contributed by atoms with Gasteiger partial charge in [-0.2, -0.15) is 10.1 Å². The molecule has 0 aliphatic carbocycles. The molecule has 0 radical (unpaired) electrons. The van der Waals surface area contributed by atoms with Gasteiger partial charge >= 0.3 is 0 Å². The van der Waals surface area contributed by atoms with Gasteiger partial charge in [0.2, 0.25) is 0 Å². The summed E-state index contributed by atoms with van der Waals surface area (Å²) in [4.78, 5) is 16.7. The molecule has 0 bridgehead atoms. The maximum absolute atomic E-state index is 14.2. The first-order chi connectivity index (χ1) is 11.5. The Morgan fingerprint density at radius 2 is 2.21 bits per heavy atom. The summed E-state index contributed by atoms with van der Waals surface area (Å²) in [6.45, 7) is 0.590. The smallest absolute Gasteiger partial charge is 0.297 e. The topological polar surface area (TPSA) is 61.4 Å². The number of carbonyl (C=O) groups is 1. The van der Waals surface area contributed by atoms with Crippen molar-refractivity contribution in [2.45, 2.75) is 6.54 Å². The number of halogens is 2. The van der Waals surface area contributed by atoms with Crippen molar-refractivity contribution in [3.8, 4) is 0 Å². The summed E-state index contributed by atoms with van der Waals surface area (Å²) in [5.74, 6) is -1.88. The summed E-state index contributed by atoms with van der Waals surface area (Å²) in [7, 11) is 3.14. The average Bonchev–Trinajstić information content (AvgIpc) is 3.08. The van der Waals surface area contributed by atoms with E-state index in [1.807, 2.05) is 0 Å². The maximum atomic E-state index is 14.2. The van der Waals surface area contributed by atoms with Crippen LogP contribution >= 0.6 is 11.3 Å². The van der Waals surface area contributed by atoms with E-state index in [1.165, 1.54) is 28.6 Å². The Balaban J connectivity index is 2.19. The van der Waals surface area contributed by atoms with Crippen LogP contribution in [0.1, 0.15) is 10.5 Å². The average molecular weight is 352 g/mol. The van der Waals surface area contributed by atoms with Crippen LogP contribution in [0.4, 0.5) is 8.78 Å². The van der Waals surface area contributed by atoms with E-state index in [1.54, 1.807) is 13.1 Å². The second kappa shape index (κ2) is 6.62. The molecule has 24 heavy (non-hydrogen) atoms. The molecule has 0 atom stereocenters. The maximum Gasteiger partial charge on any atom is 0.297 e. The van der Waals surface area contributed by atoms with E-state index in [0.29, 0.717) is 17.0 Å². The molecule has 3 rings (SSSR count). The SMILES string of the molecule is COCCn1c(=NC(=O)c2ccnn2C)sc2cc(F)cc(F)c21. The predicted octanol–water partition coefficient (Wildman–Crippen LogP) is 2.10. The molecule has 126 valence electrons. The highest BCUT2D eigenvalue weighted by atomic mass is 32.1. The number of aryl methyl sites for hydroxylation is 1. The fourth-order valence-corrected chi connectivity index (χ4v) is 3.43. The molecule has 1 amide bonds. The molecule has 3 aromatic rings. The molecule has 1 aromatic carbocycles. The first-order valence-corrected chi connectivity index (χ1v) is 7.87. The largest absolute Gasteiger partial charge is 0.383 e. The second-order valence-corrected chi connectivity index (χ2v) is 6.03. The quantitative estimate of drug-likeness (QED) is 0.722. The highest BCUT2D eigenvalue weighted by Gasteiger charge is 2.15. The van der Waals surface area contributed by atoms with Crippen LogP contribution in [0.25, 0.3) is 10.2 Å². The summed E-state index contributed by atoms with van der Waals surface area (Å²) in [5.41, 5.74) is 0.507. The van der Waals surface area contributed by atoms with Gasteiger partial charge in [-0.05, 0) is 12.1 Å². The van der Waals surface area contributed by atoms with Crippen LogP contribution in [0.5, 0.6) is 0 Å². The molecule has 0 N–H and O–H groups in total. The molecule has 0 aliphatic rings. The number of aromatic nitrogens is 3. The van der Waals surface area contributed by atoms with Crippen LogP contribution < -0.4 is 4.80 Å². The van der Waals surface area contributed by atoms with Gasteiger partial charge in [0, 0.05) is 33.0 Å². The zero-order valence-corrected chi connectivity index (χ0v) is 13.8. The third-order valence-corrected chi connectivity index (χ3v) is 4.48. The number of fused-ring (bicyclic) bond motifs is 1. The zero-order chi connectivity index (χ0) is 17.3. The van der Waals surface area contributed by atoms with Crippen molar-refractivity contribution in [2.75, 3.05) is 13.7 Å². The highest BCUT2D eigenvalue weighted by molar-refractivity contribution is 7.16. The van der Waals surface area contributed by atoms with E-state index in [4.69, 9.17) is 4.74 Å². The number of carbonyl (C=O) groups excluding carboxylic acids is 1. The normalized spacial score (nSPS) is 12.2. The Morgan fingerprint density at radius 1 is 1.42 bits per heavy atom. The number of nitrogens with zero attached hydrogens (tertiary/aromatic N) is 4. The van der Waals surface area contributed by atoms with Crippen molar-refractivity contribution in [1.82, 2.24) is 14.3 Å². The Hall–Kier alpha value is -2.39. The lowest BCUT2D eigenvalue weighted by Gasteiger charge is -2.05. The van der Waals surface area contributed by atoms with Crippen LogP contribution in [-0.4, -0.2) is 34.0 Å². The van der Waals surface area contributed by atoms with E-state index in [2.05, 4.69) is 10.1 Å². The minimum absolute atomic E-state index is 0.204. The summed E-state index contributed by atoms with van der Waals surface area (Å²) in [6.07, 6.45) is 1.49. The van der Waals surface area contributed by atoms with E-state index < -0.39 is 17.5 Å². The summed E-state index contributed by atoms with van der Waals surface area (Å²) in [5, 5.41) is 3.92. The van der Waals surface area contributed by atoms with Crippen LogP contribution in [-0.2, 0) is 18.3 Å². The molecular formula is C15H14F2N4O2S. The van der Waals surface area contributed by atoms with Gasteiger partial charge in [-0.1, -0.05) is 11.3 Å². The molecule has 0 saturated heterocycles. The van der Waals surface area contributed by atoms with Crippen molar-refractivity contribution in [1.29, 1.82) is 0 Å². The lowest BCUT2D eigenvalue weighted by molar-refractivity contribution is 0.0988. The molecule has 6 nitrogen and oxygen atoms in total. The molecule has 0 aliphatic heterocycles. The molecule has 2 aromatic heterocycles. The monoisotopic (exact) mass is 352 g/mol. The third kappa shape index (κ3) is 3.00. The van der Waals surface area contributed by atoms with Gasteiger partial charge < -0.3 is 9.30 Å². The molecule has 0 unspecified atom stereocenters. The van der Waals surface area contributed by atoms with E-state index in [0.717, 1.165) is 17.4 Å². The number of methoxy groups -OCH3 is 1.